The predicted molar refractivity (Wildman–Crippen MR) is 122 cm³/mol. The molecule has 0 N–H and O–H groups in total. The van der Waals surface area contributed by atoms with E-state index in [-0.39, 0.29) is 35.2 Å². The third-order valence-corrected chi connectivity index (χ3v) is 5.57. The molecule has 0 saturated heterocycles. The van der Waals surface area contributed by atoms with E-state index in [0.717, 1.165) is 10.5 Å². The highest BCUT2D eigenvalue weighted by molar-refractivity contribution is 6.21. The number of furan rings is 1. The fourth-order valence-electron chi connectivity index (χ4n) is 3.75. The molecule has 1 aromatic heterocycles. The second kappa shape index (κ2) is 9.74. The van der Waals surface area contributed by atoms with Gasteiger partial charge in [0.2, 0.25) is 0 Å². The lowest BCUT2D eigenvalue weighted by molar-refractivity contribution is -0.136. The summed E-state index contributed by atoms with van der Waals surface area (Å²) in [4.78, 5) is 53.4. The van der Waals surface area contributed by atoms with E-state index in [2.05, 4.69) is 0 Å². The van der Waals surface area contributed by atoms with Gasteiger partial charge in [-0.2, -0.15) is 0 Å². The van der Waals surface area contributed by atoms with Crippen LogP contribution in [0.15, 0.2) is 71.3 Å². The lowest BCUT2D eigenvalue weighted by Gasteiger charge is -2.26. The SMILES string of the molecule is CC(C)N(Cc1ccccc1)C(=O)COC(=O)c1ccc2c(c1)C(=O)N(Cc1ccco1)C2=O. The lowest BCUT2D eigenvalue weighted by atomic mass is 10.1. The molecule has 3 aromatic rings. The number of fused-ring (bicyclic) bond motifs is 1. The van der Waals surface area contributed by atoms with Gasteiger partial charge in [-0.25, -0.2) is 4.79 Å². The van der Waals surface area contributed by atoms with Gasteiger partial charge in [-0.05, 0) is 49.7 Å². The highest BCUT2D eigenvalue weighted by Gasteiger charge is 2.36. The number of hydrogen-bond acceptors (Lipinski definition) is 6. The summed E-state index contributed by atoms with van der Waals surface area (Å²) in [5.74, 6) is -1.58. The van der Waals surface area contributed by atoms with Crippen molar-refractivity contribution in [2.75, 3.05) is 6.61 Å². The summed E-state index contributed by atoms with van der Waals surface area (Å²) >= 11 is 0. The number of hydrogen-bond donors (Lipinski definition) is 0. The Bertz CT molecular complexity index is 1220. The highest BCUT2D eigenvalue weighted by Crippen LogP contribution is 2.26. The minimum Gasteiger partial charge on any atom is -0.467 e. The van der Waals surface area contributed by atoms with Crippen molar-refractivity contribution in [3.8, 4) is 0 Å². The number of amides is 3. The molecule has 0 saturated carbocycles. The summed E-state index contributed by atoms with van der Waals surface area (Å²) < 4.78 is 10.5. The first-order chi connectivity index (χ1) is 16.3. The Morgan fingerprint density at radius 2 is 1.71 bits per heavy atom. The van der Waals surface area contributed by atoms with Crippen molar-refractivity contribution in [2.45, 2.75) is 33.0 Å². The minimum atomic E-state index is -0.746. The first kappa shape index (κ1) is 23.0. The van der Waals surface area contributed by atoms with Crippen LogP contribution < -0.4 is 0 Å². The highest BCUT2D eigenvalue weighted by atomic mass is 16.5. The third kappa shape index (κ3) is 4.76. The number of benzene rings is 2. The molecule has 1 aliphatic rings. The smallest absolute Gasteiger partial charge is 0.338 e. The van der Waals surface area contributed by atoms with Crippen LogP contribution in [0.25, 0.3) is 0 Å². The third-order valence-electron chi connectivity index (χ3n) is 5.57. The van der Waals surface area contributed by atoms with Crippen molar-refractivity contribution < 1.29 is 28.3 Å². The van der Waals surface area contributed by atoms with Crippen LogP contribution in [0.1, 0.15) is 56.2 Å². The number of imide groups is 1. The molecule has 0 spiro atoms. The number of carbonyl (C=O) groups excluding carboxylic acids is 4. The predicted octanol–water partition coefficient (Wildman–Crippen LogP) is 3.67. The zero-order valence-electron chi connectivity index (χ0n) is 18.9. The van der Waals surface area contributed by atoms with E-state index >= 15 is 0 Å². The second-order valence-corrected chi connectivity index (χ2v) is 8.21. The molecule has 2 aromatic carbocycles. The molecule has 0 fully saturated rings. The Balaban J connectivity index is 1.41. The van der Waals surface area contributed by atoms with Crippen LogP contribution in [-0.2, 0) is 22.6 Å². The molecule has 0 bridgehead atoms. The van der Waals surface area contributed by atoms with Gasteiger partial charge in [-0.3, -0.25) is 19.3 Å². The number of esters is 1. The van der Waals surface area contributed by atoms with Gasteiger partial charge >= 0.3 is 5.97 Å². The molecule has 2 heterocycles. The van der Waals surface area contributed by atoms with E-state index in [0.29, 0.717) is 12.3 Å². The summed E-state index contributed by atoms with van der Waals surface area (Å²) in [7, 11) is 0. The van der Waals surface area contributed by atoms with Crippen molar-refractivity contribution in [3.63, 3.8) is 0 Å². The van der Waals surface area contributed by atoms with Gasteiger partial charge in [0.1, 0.15) is 5.76 Å². The summed E-state index contributed by atoms with van der Waals surface area (Å²) in [5, 5.41) is 0. The Kier molecular flexibility index (Phi) is 6.58. The maximum Gasteiger partial charge on any atom is 0.338 e. The summed E-state index contributed by atoms with van der Waals surface area (Å²) in [6.07, 6.45) is 1.46. The molecule has 1 aliphatic heterocycles. The van der Waals surface area contributed by atoms with E-state index in [1.54, 1.807) is 17.0 Å². The summed E-state index contributed by atoms with van der Waals surface area (Å²) in [5.41, 5.74) is 1.38. The molecular formula is C26H24N2O6. The van der Waals surface area contributed by atoms with E-state index in [4.69, 9.17) is 9.15 Å². The second-order valence-electron chi connectivity index (χ2n) is 8.21. The van der Waals surface area contributed by atoms with E-state index in [9.17, 15) is 19.2 Å². The Morgan fingerprint density at radius 1 is 0.971 bits per heavy atom. The summed E-state index contributed by atoms with van der Waals surface area (Å²) in [6, 6.07) is 17.0. The fourth-order valence-corrected chi connectivity index (χ4v) is 3.75. The quantitative estimate of drug-likeness (QED) is 0.376. The minimum absolute atomic E-state index is 0.0000788. The zero-order chi connectivity index (χ0) is 24.2. The van der Waals surface area contributed by atoms with Crippen molar-refractivity contribution in [2.24, 2.45) is 0 Å². The molecule has 3 amide bonds. The standard InChI is InChI=1S/C26H24N2O6/c1-17(2)27(14-18-7-4-3-5-8-18)23(29)16-34-26(32)19-10-11-21-22(13-19)25(31)28(24(21)30)15-20-9-6-12-33-20/h3-13,17H,14-16H2,1-2H3. The van der Waals surface area contributed by atoms with Gasteiger partial charge in [0, 0.05) is 12.6 Å². The van der Waals surface area contributed by atoms with Crippen LogP contribution in [0.5, 0.6) is 0 Å². The Labute approximate surface area is 196 Å². The molecular weight excluding hydrogens is 436 g/mol. The van der Waals surface area contributed by atoms with E-state index in [1.807, 2.05) is 44.2 Å². The normalized spacial score (nSPS) is 12.7. The number of carbonyl (C=O) groups is 4. The van der Waals surface area contributed by atoms with Crippen molar-refractivity contribution in [1.82, 2.24) is 9.80 Å². The summed E-state index contributed by atoms with van der Waals surface area (Å²) in [6.45, 7) is 3.74. The van der Waals surface area contributed by atoms with Gasteiger partial charge in [-0.1, -0.05) is 30.3 Å². The first-order valence-electron chi connectivity index (χ1n) is 10.9. The maximum atomic E-state index is 12.8. The van der Waals surface area contributed by atoms with Crippen LogP contribution in [-0.4, -0.2) is 46.1 Å². The zero-order valence-corrected chi connectivity index (χ0v) is 18.9. The average molecular weight is 460 g/mol. The maximum absolute atomic E-state index is 12.8. The molecule has 8 heteroatoms. The van der Waals surface area contributed by atoms with Gasteiger partial charge in [0.25, 0.3) is 17.7 Å². The van der Waals surface area contributed by atoms with Crippen LogP contribution in [0.2, 0.25) is 0 Å². The largest absolute Gasteiger partial charge is 0.467 e. The molecule has 34 heavy (non-hydrogen) atoms. The van der Waals surface area contributed by atoms with Crippen LogP contribution in [0.4, 0.5) is 0 Å². The van der Waals surface area contributed by atoms with Gasteiger partial charge in [0.15, 0.2) is 6.61 Å². The molecule has 0 radical (unpaired) electrons. The number of nitrogens with zero attached hydrogens (tertiary/aromatic N) is 2. The molecule has 0 atom stereocenters. The Morgan fingerprint density at radius 3 is 2.38 bits per heavy atom. The molecule has 0 aliphatic carbocycles. The average Bonchev–Trinajstić information content (AvgIpc) is 3.44. The van der Waals surface area contributed by atoms with Crippen molar-refractivity contribution in [3.05, 3.63) is 94.9 Å². The first-order valence-corrected chi connectivity index (χ1v) is 10.9. The van der Waals surface area contributed by atoms with Crippen LogP contribution >= 0.6 is 0 Å². The van der Waals surface area contributed by atoms with Gasteiger partial charge < -0.3 is 14.1 Å². The number of ether oxygens (including phenoxy) is 1. The number of rotatable bonds is 8. The van der Waals surface area contributed by atoms with Crippen molar-refractivity contribution >= 4 is 23.7 Å². The molecule has 0 unspecified atom stereocenters. The monoisotopic (exact) mass is 460 g/mol. The fraction of sp³-hybridized carbons (Fsp3) is 0.231. The van der Waals surface area contributed by atoms with Crippen molar-refractivity contribution in [1.29, 1.82) is 0 Å². The molecule has 8 nitrogen and oxygen atoms in total. The van der Waals surface area contributed by atoms with E-state index in [1.165, 1.54) is 24.5 Å². The van der Waals surface area contributed by atoms with E-state index < -0.39 is 24.4 Å². The molecule has 174 valence electrons. The van der Waals surface area contributed by atoms with Gasteiger partial charge in [0.05, 0.1) is 29.5 Å². The van der Waals surface area contributed by atoms with Gasteiger partial charge in [-0.15, -0.1) is 0 Å². The topological polar surface area (TPSA) is 97.1 Å². The molecule has 4 rings (SSSR count). The lowest BCUT2D eigenvalue weighted by Crippen LogP contribution is -2.39. The van der Waals surface area contributed by atoms with Crippen LogP contribution in [0.3, 0.4) is 0 Å². The Hall–Kier alpha value is -4.20. The van der Waals surface area contributed by atoms with Crippen LogP contribution in [0, 0.1) is 0 Å².